The first-order valence-corrected chi connectivity index (χ1v) is 8.41. The third-order valence-corrected chi connectivity index (χ3v) is 4.73. The normalized spacial score (nSPS) is 27.4. The maximum atomic E-state index is 11.7. The highest BCUT2D eigenvalue weighted by atomic mass is 32.2. The van der Waals surface area contributed by atoms with Gasteiger partial charge in [-0.1, -0.05) is 0 Å². The second-order valence-electron chi connectivity index (χ2n) is 4.02. The Morgan fingerprint density at radius 2 is 2.19 bits per heavy atom. The van der Waals surface area contributed by atoms with Crippen molar-refractivity contribution in [2.24, 2.45) is 5.73 Å². The van der Waals surface area contributed by atoms with E-state index in [1.54, 1.807) is 11.8 Å². The van der Waals surface area contributed by atoms with E-state index >= 15 is 0 Å². The molecule has 0 aromatic rings. The van der Waals surface area contributed by atoms with Crippen LogP contribution in [-0.4, -0.2) is 45.7 Å². The molecular weight excluding hydrogens is 244 g/mol. The SMILES string of the molecule is CSCC[C@@H](N)C(=O)NC1CCS(=O)CC1. The van der Waals surface area contributed by atoms with Gasteiger partial charge in [-0.3, -0.25) is 9.00 Å². The van der Waals surface area contributed by atoms with Gasteiger partial charge in [0.1, 0.15) is 0 Å². The highest BCUT2D eigenvalue weighted by Gasteiger charge is 2.21. The number of carbonyl (C=O) groups is 1. The maximum Gasteiger partial charge on any atom is 0.237 e. The first kappa shape index (κ1) is 14.0. The van der Waals surface area contributed by atoms with Crippen LogP contribution in [0.5, 0.6) is 0 Å². The fraction of sp³-hybridized carbons (Fsp3) is 0.900. The molecule has 0 aromatic carbocycles. The fourth-order valence-corrected chi connectivity index (χ4v) is 3.41. The summed E-state index contributed by atoms with van der Waals surface area (Å²) in [6.45, 7) is 0. The molecule has 0 bridgehead atoms. The molecule has 0 aliphatic carbocycles. The average Bonchev–Trinajstić information content (AvgIpc) is 2.29. The summed E-state index contributed by atoms with van der Waals surface area (Å²) >= 11 is 1.69. The first-order valence-electron chi connectivity index (χ1n) is 5.53. The summed E-state index contributed by atoms with van der Waals surface area (Å²) in [4.78, 5) is 11.7. The van der Waals surface area contributed by atoms with Gasteiger partial charge >= 0.3 is 0 Å². The Morgan fingerprint density at radius 3 is 2.75 bits per heavy atom. The molecule has 1 fully saturated rings. The van der Waals surface area contributed by atoms with E-state index in [1.165, 1.54) is 0 Å². The molecule has 1 atom stereocenters. The number of hydrogen-bond acceptors (Lipinski definition) is 4. The molecule has 0 spiro atoms. The minimum atomic E-state index is -0.677. The molecule has 1 rings (SSSR count). The second-order valence-corrected chi connectivity index (χ2v) is 6.70. The average molecular weight is 264 g/mol. The van der Waals surface area contributed by atoms with Gasteiger partial charge in [-0.05, 0) is 31.3 Å². The Bertz CT molecular complexity index is 251. The van der Waals surface area contributed by atoms with E-state index < -0.39 is 16.8 Å². The highest BCUT2D eigenvalue weighted by molar-refractivity contribution is 7.98. The van der Waals surface area contributed by atoms with Gasteiger partial charge < -0.3 is 11.1 Å². The second kappa shape index (κ2) is 7.29. The molecule has 1 heterocycles. The quantitative estimate of drug-likeness (QED) is 0.738. The van der Waals surface area contributed by atoms with Crippen LogP contribution in [0.4, 0.5) is 0 Å². The Labute approximate surface area is 104 Å². The molecular formula is C10H20N2O2S2. The molecule has 0 unspecified atom stereocenters. The topological polar surface area (TPSA) is 72.2 Å². The lowest BCUT2D eigenvalue weighted by Gasteiger charge is -2.24. The third kappa shape index (κ3) is 4.84. The van der Waals surface area contributed by atoms with Crippen molar-refractivity contribution in [2.75, 3.05) is 23.5 Å². The number of nitrogens with two attached hydrogens (primary N) is 1. The lowest BCUT2D eigenvalue weighted by Crippen LogP contribution is -2.47. The Morgan fingerprint density at radius 1 is 1.56 bits per heavy atom. The minimum absolute atomic E-state index is 0.0632. The van der Waals surface area contributed by atoms with E-state index in [4.69, 9.17) is 5.73 Å². The van der Waals surface area contributed by atoms with Gasteiger partial charge in [0.2, 0.25) is 5.91 Å². The van der Waals surface area contributed by atoms with Crippen molar-refractivity contribution >= 4 is 28.5 Å². The molecule has 0 aromatic heterocycles. The number of thioether (sulfide) groups is 1. The van der Waals surface area contributed by atoms with Gasteiger partial charge in [-0.15, -0.1) is 0 Å². The van der Waals surface area contributed by atoms with Gasteiger partial charge in [0.05, 0.1) is 6.04 Å². The van der Waals surface area contributed by atoms with E-state index in [0.717, 1.165) is 18.6 Å². The smallest absolute Gasteiger partial charge is 0.237 e. The summed E-state index contributed by atoms with van der Waals surface area (Å²) in [5, 5.41) is 2.94. The molecule has 3 N–H and O–H groups in total. The minimum Gasteiger partial charge on any atom is -0.352 e. The molecule has 1 aliphatic heterocycles. The van der Waals surface area contributed by atoms with Crippen LogP contribution in [0.3, 0.4) is 0 Å². The van der Waals surface area contributed by atoms with Crippen LogP contribution in [0.2, 0.25) is 0 Å². The number of amides is 1. The summed E-state index contributed by atoms with van der Waals surface area (Å²) in [5.41, 5.74) is 5.76. The summed E-state index contributed by atoms with van der Waals surface area (Å²) < 4.78 is 11.1. The van der Waals surface area contributed by atoms with Crippen molar-refractivity contribution in [1.29, 1.82) is 0 Å². The van der Waals surface area contributed by atoms with Gasteiger partial charge in [0.15, 0.2) is 0 Å². The molecule has 0 saturated carbocycles. The monoisotopic (exact) mass is 264 g/mol. The Kier molecular flexibility index (Phi) is 6.38. The van der Waals surface area contributed by atoms with Crippen LogP contribution in [0, 0.1) is 0 Å². The van der Waals surface area contributed by atoms with Gasteiger partial charge in [-0.25, -0.2) is 0 Å². The molecule has 1 saturated heterocycles. The predicted molar refractivity (Wildman–Crippen MR) is 70.0 cm³/mol. The molecule has 16 heavy (non-hydrogen) atoms. The van der Waals surface area contributed by atoms with Crippen molar-refractivity contribution in [3.63, 3.8) is 0 Å². The van der Waals surface area contributed by atoms with Crippen LogP contribution >= 0.6 is 11.8 Å². The zero-order valence-electron chi connectivity index (χ0n) is 9.61. The Hall–Kier alpha value is -0.0700. The summed E-state index contributed by atoms with van der Waals surface area (Å²) in [7, 11) is -0.677. The van der Waals surface area contributed by atoms with Crippen LogP contribution < -0.4 is 11.1 Å². The van der Waals surface area contributed by atoms with Gasteiger partial charge in [0.25, 0.3) is 0 Å². The number of carbonyl (C=O) groups excluding carboxylic acids is 1. The van der Waals surface area contributed by atoms with E-state index in [-0.39, 0.29) is 11.9 Å². The van der Waals surface area contributed by atoms with Gasteiger partial charge in [-0.2, -0.15) is 11.8 Å². The van der Waals surface area contributed by atoms with Crippen molar-refractivity contribution in [3.8, 4) is 0 Å². The Balaban J connectivity index is 2.25. The van der Waals surface area contributed by atoms with E-state index in [2.05, 4.69) is 5.32 Å². The van der Waals surface area contributed by atoms with E-state index in [0.29, 0.717) is 17.9 Å². The summed E-state index contributed by atoms with van der Waals surface area (Å²) in [6, 6.07) is -0.231. The largest absolute Gasteiger partial charge is 0.352 e. The molecule has 6 heteroatoms. The van der Waals surface area contributed by atoms with Crippen LogP contribution in [-0.2, 0) is 15.6 Å². The number of hydrogen-bond donors (Lipinski definition) is 2. The summed E-state index contributed by atoms with van der Waals surface area (Å²) in [6.07, 6.45) is 4.34. The molecule has 0 radical (unpaired) electrons. The zero-order valence-corrected chi connectivity index (χ0v) is 11.2. The maximum absolute atomic E-state index is 11.7. The van der Waals surface area contributed by atoms with Crippen molar-refractivity contribution in [1.82, 2.24) is 5.32 Å². The lowest BCUT2D eigenvalue weighted by atomic mass is 10.1. The lowest BCUT2D eigenvalue weighted by molar-refractivity contribution is -0.123. The van der Waals surface area contributed by atoms with Crippen molar-refractivity contribution < 1.29 is 9.00 Å². The number of rotatable bonds is 5. The van der Waals surface area contributed by atoms with Crippen molar-refractivity contribution in [3.05, 3.63) is 0 Å². The zero-order chi connectivity index (χ0) is 12.0. The molecule has 1 aliphatic rings. The van der Waals surface area contributed by atoms with Gasteiger partial charge in [0, 0.05) is 28.3 Å². The molecule has 94 valence electrons. The standard InChI is InChI=1S/C10H20N2O2S2/c1-15-5-2-9(11)10(13)12-8-3-6-16(14)7-4-8/h8-9H,2-7,11H2,1H3,(H,12,13)/t8?,9-,16?/m1/s1. The number of nitrogens with one attached hydrogen (secondary N) is 1. The van der Waals surface area contributed by atoms with Crippen LogP contribution in [0.1, 0.15) is 19.3 Å². The fourth-order valence-electron chi connectivity index (χ4n) is 1.62. The van der Waals surface area contributed by atoms with E-state index in [1.807, 2.05) is 6.26 Å². The van der Waals surface area contributed by atoms with Crippen LogP contribution in [0.25, 0.3) is 0 Å². The molecule has 4 nitrogen and oxygen atoms in total. The third-order valence-electron chi connectivity index (χ3n) is 2.70. The van der Waals surface area contributed by atoms with Crippen molar-refractivity contribution in [2.45, 2.75) is 31.3 Å². The highest BCUT2D eigenvalue weighted by Crippen LogP contribution is 2.09. The first-order chi connectivity index (χ1) is 7.63. The predicted octanol–water partition coefficient (Wildman–Crippen LogP) is 0.0941. The van der Waals surface area contributed by atoms with E-state index in [9.17, 15) is 9.00 Å². The molecule has 1 amide bonds. The summed E-state index contributed by atoms with van der Waals surface area (Å²) in [5.74, 6) is 2.24. The van der Waals surface area contributed by atoms with Crippen LogP contribution in [0.15, 0.2) is 0 Å².